The highest BCUT2D eigenvalue weighted by Gasteiger charge is 2.70. The van der Waals surface area contributed by atoms with E-state index in [-0.39, 0.29) is 23.3 Å². The highest BCUT2D eigenvalue weighted by molar-refractivity contribution is 7.90. The molecule has 49 heavy (non-hydrogen) atoms. The van der Waals surface area contributed by atoms with Crippen LogP contribution in [0, 0.1) is 22.7 Å². The minimum atomic E-state index is -3.59. The van der Waals surface area contributed by atoms with Crippen LogP contribution in [0.25, 0.3) is 0 Å². The second-order valence-corrected chi connectivity index (χ2v) is 19.2. The lowest BCUT2D eigenvalue weighted by Gasteiger charge is -2.43. The fraction of sp³-hybridized carbons (Fsp3) is 0.857. The van der Waals surface area contributed by atoms with Gasteiger partial charge in [-0.15, -0.1) is 0 Å². The summed E-state index contributed by atoms with van der Waals surface area (Å²) in [5.74, 6) is -2.30. The van der Waals surface area contributed by atoms with Crippen molar-refractivity contribution >= 4 is 39.6 Å². The molecule has 4 N–H and O–H groups in total. The maximum atomic E-state index is 14.5. The molecule has 14 heteroatoms. The molecule has 0 radical (unpaired) electrons. The fourth-order valence-electron chi connectivity index (χ4n) is 8.66. The van der Waals surface area contributed by atoms with E-state index in [9.17, 15) is 32.4 Å². The van der Waals surface area contributed by atoms with Gasteiger partial charge < -0.3 is 26.2 Å². The van der Waals surface area contributed by atoms with Gasteiger partial charge in [-0.1, -0.05) is 73.6 Å². The van der Waals surface area contributed by atoms with E-state index in [0.717, 1.165) is 38.5 Å². The average Bonchev–Trinajstić information content (AvgIpc) is 3.83. The van der Waals surface area contributed by atoms with Gasteiger partial charge in [0.05, 0.1) is 16.8 Å². The smallest absolute Gasteiger partial charge is 0.315 e. The number of nitrogens with one attached hydrogen (secondary N) is 4. The van der Waals surface area contributed by atoms with Crippen molar-refractivity contribution in [1.82, 2.24) is 30.5 Å². The number of amides is 5. The molecule has 0 spiro atoms. The van der Waals surface area contributed by atoms with Gasteiger partial charge in [-0.3, -0.25) is 19.2 Å². The zero-order valence-electron chi connectivity index (χ0n) is 30.4. The number of sulfonamides is 1. The van der Waals surface area contributed by atoms with E-state index in [0.29, 0.717) is 45.2 Å². The van der Waals surface area contributed by atoms with Gasteiger partial charge >= 0.3 is 6.03 Å². The Morgan fingerprint density at radius 3 is 2.16 bits per heavy atom. The molecule has 276 valence electrons. The predicted octanol–water partition coefficient (Wildman–Crippen LogP) is 2.44. The lowest BCUT2D eigenvalue weighted by molar-refractivity contribution is -0.145. The predicted molar refractivity (Wildman–Crippen MR) is 185 cm³/mol. The number of ketones is 1. The van der Waals surface area contributed by atoms with Crippen LogP contribution >= 0.6 is 0 Å². The molecule has 0 aromatic carbocycles. The first-order valence-electron chi connectivity index (χ1n) is 18.3. The maximum Gasteiger partial charge on any atom is 0.315 e. The van der Waals surface area contributed by atoms with Crippen LogP contribution in [0.5, 0.6) is 0 Å². The van der Waals surface area contributed by atoms with Crippen LogP contribution in [0.3, 0.4) is 0 Å². The molecule has 2 aliphatic heterocycles. The van der Waals surface area contributed by atoms with Gasteiger partial charge in [-0.05, 0) is 61.2 Å². The van der Waals surface area contributed by atoms with E-state index >= 15 is 0 Å². The van der Waals surface area contributed by atoms with Gasteiger partial charge in [0.2, 0.25) is 27.6 Å². The highest BCUT2D eigenvalue weighted by Crippen LogP contribution is 2.65. The summed E-state index contributed by atoms with van der Waals surface area (Å²) in [5, 5.41) is 10.8. The number of nitrogens with zero attached hydrogens (tertiary/aromatic N) is 2. The maximum absolute atomic E-state index is 14.5. The molecular formula is C35H58N6O7S. The number of carbonyl (C=O) groups is 5. The van der Waals surface area contributed by atoms with E-state index in [1.807, 2.05) is 27.7 Å². The number of Topliss-reactive ketones (excluding diaryl/α,β-unsaturated/α-hetero) is 1. The number of fused-ring (bicyclic) bond motifs is 1. The Morgan fingerprint density at radius 2 is 1.61 bits per heavy atom. The second-order valence-electron chi connectivity index (χ2n) is 17.0. The van der Waals surface area contributed by atoms with Crippen molar-refractivity contribution in [3.63, 3.8) is 0 Å². The average molecular weight is 707 g/mol. The van der Waals surface area contributed by atoms with Crippen LogP contribution in [0.4, 0.5) is 4.79 Å². The molecule has 5 aliphatic rings. The zero-order chi connectivity index (χ0) is 36.1. The number of piperidine rings is 1. The first kappa shape index (κ1) is 37.5. The summed E-state index contributed by atoms with van der Waals surface area (Å²) in [6.07, 6.45) is 7.46. The van der Waals surface area contributed by atoms with Gasteiger partial charge in [-0.2, -0.15) is 0 Å². The Labute approximate surface area is 291 Å². The molecule has 0 bridgehead atoms. The standard InChI is InChI=1S/C35H58N6O7S/c1-8-9-13-23(27(42)30(44)36-21-14-15-21)37-29(43)26-25-22(34(25,5)6)20-41(26)31(45)28(33(2,3)4)38-32(46)39-35(17-11-10-12-18-35)24-16-19-40(7)49(24,47)48/h21-26,28H,8-20H2,1-7H3,(H,36,44)(H,37,43)(H2,38,39,46)/t22-,23-,24+,25-,26-,28+/m0/s1. The molecule has 0 unspecified atom stereocenters. The molecule has 0 aromatic heterocycles. The molecule has 5 amide bonds. The molecule has 0 aromatic rings. The van der Waals surface area contributed by atoms with Crippen LogP contribution in [-0.2, 0) is 29.2 Å². The van der Waals surface area contributed by atoms with Gasteiger partial charge in [0.15, 0.2) is 0 Å². The van der Waals surface area contributed by atoms with Crippen molar-refractivity contribution in [1.29, 1.82) is 0 Å². The normalized spacial score (nSPS) is 29.7. The van der Waals surface area contributed by atoms with Crippen LogP contribution in [0.15, 0.2) is 0 Å². The van der Waals surface area contributed by atoms with Crippen molar-refractivity contribution in [2.45, 2.75) is 147 Å². The largest absolute Gasteiger partial charge is 0.347 e. The van der Waals surface area contributed by atoms with Crippen molar-refractivity contribution in [2.75, 3.05) is 20.1 Å². The van der Waals surface area contributed by atoms with E-state index < -0.39 is 73.9 Å². The van der Waals surface area contributed by atoms with E-state index in [2.05, 4.69) is 35.1 Å². The minimum Gasteiger partial charge on any atom is -0.347 e. The van der Waals surface area contributed by atoms with Crippen molar-refractivity contribution < 1.29 is 32.4 Å². The summed E-state index contributed by atoms with van der Waals surface area (Å²) >= 11 is 0. The number of hydrogen-bond acceptors (Lipinski definition) is 7. The van der Waals surface area contributed by atoms with E-state index in [1.54, 1.807) is 11.9 Å². The van der Waals surface area contributed by atoms with Crippen molar-refractivity contribution in [3.8, 4) is 0 Å². The molecule has 3 saturated carbocycles. The summed E-state index contributed by atoms with van der Waals surface area (Å²) in [6, 6.07) is -3.48. The number of urea groups is 1. The highest BCUT2D eigenvalue weighted by atomic mass is 32.2. The lowest BCUT2D eigenvalue weighted by Crippen LogP contribution is -2.65. The third-order valence-corrected chi connectivity index (χ3v) is 14.4. The van der Waals surface area contributed by atoms with E-state index in [1.165, 1.54) is 4.31 Å². The lowest BCUT2D eigenvalue weighted by atomic mass is 9.78. The first-order valence-corrected chi connectivity index (χ1v) is 19.8. The number of unbranched alkanes of at least 4 members (excludes halogenated alkanes) is 1. The topological polar surface area (TPSA) is 174 Å². The molecule has 13 nitrogen and oxygen atoms in total. The summed E-state index contributed by atoms with van der Waals surface area (Å²) in [7, 11) is -2.02. The number of likely N-dealkylation sites (tertiary alicyclic amines) is 1. The zero-order valence-corrected chi connectivity index (χ0v) is 31.2. The third-order valence-electron chi connectivity index (χ3n) is 12.0. The Bertz CT molecular complexity index is 1430. The number of hydrogen-bond donors (Lipinski definition) is 4. The first-order chi connectivity index (χ1) is 22.8. The Hall–Kier alpha value is -2.74. The monoisotopic (exact) mass is 706 g/mol. The molecule has 5 rings (SSSR count). The summed E-state index contributed by atoms with van der Waals surface area (Å²) in [6.45, 7) is 12.4. The van der Waals surface area contributed by atoms with Gasteiger partial charge in [0.1, 0.15) is 12.1 Å². The van der Waals surface area contributed by atoms with Crippen LogP contribution < -0.4 is 21.3 Å². The molecule has 3 aliphatic carbocycles. The molecule has 2 saturated heterocycles. The fourth-order valence-corrected chi connectivity index (χ4v) is 10.7. The minimum absolute atomic E-state index is 0.00544. The SMILES string of the molecule is CCCC[C@H](NC(=O)[C@@H]1[C@@H]2[C@H](CN1C(=O)[C@@H](NC(=O)NC1([C@H]3CCN(C)S3(=O)=O)CCCCC1)C(C)(C)C)C2(C)C)C(=O)C(=O)NC1CC1. The summed E-state index contributed by atoms with van der Waals surface area (Å²) in [5.41, 5.74) is -1.89. The summed E-state index contributed by atoms with van der Waals surface area (Å²) in [4.78, 5) is 69.9. The molecule has 5 fully saturated rings. The number of rotatable bonds is 12. The molecule has 6 atom stereocenters. The van der Waals surface area contributed by atoms with Gasteiger partial charge in [0, 0.05) is 26.2 Å². The van der Waals surface area contributed by atoms with Crippen LogP contribution in [-0.4, -0.2) is 102 Å². The Kier molecular flexibility index (Phi) is 10.5. The molecular weight excluding hydrogens is 648 g/mol. The van der Waals surface area contributed by atoms with Gasteiger partial charge in [0.25, 0.3) is 5.91 Å². The second kappa shape index (κ2) is 13.8. The van der Waals surface area contributed by atoms with E-state index in [4.69, 9.17) is 0 Å². The number of carbonyl (C=O) groups excluding carboxylic acids is 5. The van der Waals surface area contributed by atoms with Crippen LogP contribution in [0.2, 0.25) is 0 Å². The quantitative estimate of drug-likeness (QED) is 0.226. The van der Waals surface area contributed by atoms with Crippen LogP contribution in [0.1, 0.15) is 112 Å². The van der Waals surface area contributed by atoms with Crippen molar-refractivity contribution in [2.24, 2.45) is 22.7 Å². The Morgan fingerprint density at radius 1 is 0.959 bits per heavy atom. The Balaban J connectivity index is 1.35. The van der Waals surface area contributed by atoms with Gasteiger partial charge in [-0.25, -0.2) is 17.5 Å². The third kappa shape index (κ3) is 7.50. The molecule has 2 heterocycles. The summed E-state index contributed by atoms with van der Waals surface area (Å²) < 4.78 is 28.0. The van der Waals surface area contributed by atoms with Crippen molar-refractivity contribution in [3.05, 3.63) is 0 Å².